The summed E-state index contributed by atoms with van der Waals surface area (Å²) in [5, 5.41) is 0. The van der Waals surface area contributed by atoms with Crippen LogP contribution in [0.5, 0.6) is 0 Å². The number of piperidine rings is 1. The van der Waals surface area contributed by atoms with Crippen LogP contribution >= 0.6 is 0 Å². The van der Waals surface area contributed by atoms with E-state index >= 15 is 0 Å². The van der Waals surface area contributed by atoms with E-state index in [1.165, 1.54) is 4.40 Å². The molecule has 0 unspecified atom stereocenters. The lowest BCUT2D eigenvalue weighted by atomic mass is 9.99. The first-order valence-electron chi connectivity index (χ1n) is 8.47. The van der Waals surface area contributed by atoms with Gasteiger partial charge in [0.25, 0.3) is 5.56 Å². The molecule has 0 radical (unpaired) electrons. The summed E-state index contributed by atoms with van der Waals surface area (Å²) in [6.07, 6.45) is 9.56. The standard InChI is InChI=1S/C17H20N6O2/c1-12-18-5-8-21(12)11-16(25)22-7-3-2-4-14(22)13-10-15(24)23-9-6-19-17(23)20-13/h5-6,8-10,14H,2-4,7,11H2,1H3,(H,19,20)/t14-/m0/s1. The smallest absolute Gasteiger partial charge is 0.259 e. The van der Waals surface area contributed by atoms with Gasteiger partial charge in [-0.3, -0.25) is 14.0 Å². The van der Waals surface area contributed by atoms with Crippen LogP contribution < -0.4 is 5.56 Å². The Morgan fingerprint density at radius 2 is 2.12 bits per heavy atom. The van der Waals surface area contributed by atoms with Gasteiger partial charge in [-0.25, -0.2) is 9.97 Å². The Morgan fingerprint density at radius 1 is 1.28 bits per heavy atom. The summed E-state index contributed by atoms with van der Waals surface area (Å²) >= 11 is 0. The number of amides is 1. The van der Waals surface area contributed by atoms with Crippen LogP contribution in [0.2, 0.25) is 0 Å². The summed E-state index contributed by atoms with van der Waals surface area (Å²) in [5.74, 6) is 1.36. The second kappa shape index (κ2) is 6.19. The summed E-state index contributed by atoms with van der Waals surface area (Å²) in [4.78, 5) is 38.5. The van der Waals surface area contributed by atoms with E-state index in [1.807, 2.05) is 22.6 Å². The van der Waals surface area contributed by atoms with E-state index in [2.05, 4.69) is 15.0 Å². The maximum atomic E-state index is 12.9. The van der Waals surface area contributed by atoms with Crippen LogP contribution in [0.4, 0.5) is 0 Å². The van der Waals surface area contributed by atoms with E-state index in [0.717, 1.165) is 30.8 Å². The lowest BCUT2D eigenvalue weighted by Gasteiger charge is -2.36. The van der Waals surface area contributed by atoms with Gasteiger partial charge >= 0.3 is 0 Å². The van der Waals surface area contributed by atoms with Gasteiger partial charge in [0.15, 0.2) is 0 Å². The Kier molecular flexibility index (Phi) is 3.87. The number of nitrogens with zero attached hydrogens (tertiary/aromatic N) is 5. The minimum atomic E-state index is -0.135. The van der Waals surface area contributed by atoms with Crippen molar-refractivity contribution in [2.45, 2.75) is 38.8 Å². The highest BCUT2D eigenvalue weighted by Gasteiger charge is 2.29. The van der Waals surface area contributed by atoms with Crippen molar-refractivity contribution >= 4 is 11.7 Å². The molecule has 1 aliphatic rings. The average Bonchev–Trinajstić information content (AvgIpc) is 3.24. The van der Waals surface area contributed by atoms with E-state index < -0.39 is 0 Å². The lowest BCUT2D eigenvalue weighted by Crippen LogP contribution is -2.41. The molecule has 8 nitrogen and oxygen atoms in total. The molecule has 4 rings (SSSR count). The maximum absolute atomic E-state index is 12.9. The van der Waals surface area contributed by atoms with Crippen LogP contribution in [0.3, 0.4) is 0 Å². The molecule has 0 aromatic carbocycles. The zero-order chi connectivity index (χ0) is 17.4. The van der Waals surface area contributed by atoms with Crippen molar-refractivity contribution in [3.63, 3.8) is 0 Å². The predicted molar refractivity (Wildman–Crippen MR) is 91.1 cm³/mol. The highest BCUT2D eigenvalue weighted by atomic mass is 16.2. The van der Waals surface area contributed by atoms with Crippen LogP contribution in [-0.4, -0.2) is 41.3 Å². The first kappa shape index (κ1) is 15.6. The molecule has 0 spiro atoms. The van der Waals surface area contributed by atoms with Crippen molar-refractivity contribution in [2.75, 3.05) is 6.54 Å². The van der Waals surface area contributed by atoms with E-state index in [4.69, 9.17) is 0 Å². The third kappa shape index (κ3) is 2.84. The highest BCUT2D eigenvalue weighted by Crippen LogP contribution is 2.29. The van der Waals surface area contributed by atoms with Crippen molar-refractivity contribution in [3.05, 3.63) is 52.7 Å². The zero-order valence-electron chi connectivity index (χ0n) is 14.1. The summed E-state index contributed by atoms with van der Waals surface area (Å²) in [7, 11) is 0. The van der Waals surface area contributed by atoms with Crippen molar-refractivity contribution < 1.29 is 4.79 Å². The molecule has 1 N–H and O–H groups in total. The van der Waals surface area contributed by atoms with Gasteiger partial charge in [-0.1, -0.05) is 0 Å². The summed E-state index contributed by atoms with van der Waals surface area (Å²) in [6, 6.07) is 1.45. The minimum Gasteiger partial charge on any atom is -0.333 e. The van der Waals surface area contributed by atoms with Crippen LogP contribution in [-0.2, 0) is 11.3 Å². The molecule has 0 saturated carbocycles. The number of imidazole rings is 2. The Hall–Kier alpha value is -2.90. The van der Waals surface area contributed by atoms with Crippen molar-refractivity contribution in [3.8, 4) is 0 Å². The summed E-state index contributed by atoms with van der Waals surface area (Å²) in [6.45, 7) is 2.84. The number of nitrogens with one attached hydrogen (secondary N) is 1. The molecule has 1 atom stereocenters. The van der Waals surface area contributed by atoms with Crippen LogP contribution in [0, 0.1) is 6.92 Å². The number of H-pyrrole nitrogens is 1. The van der Waals surface area contributed by atoms with Crippen LogP contribution in [0.1, 0.15) is 36.8 Å². The van der Waals surface area contributed by atoms with E-state index in [-0.39, 0.29) is 24.1 Å². The number of fused-ring (bicyclic) bond motifs is 1. The number of likely N-dealkylation sites (tertiary alicyclic amines) is 1. The third-order valence-corrected chi connectivity index (χ3v) is 4.82. The molecule has 1 amide bonds. The normalized spacial score (nSPS) is 18.0. The molecule has 8 heteroatoms. The molecule has 1 aliphatic heterocycles. The number of aromatic amines is 1. The quantitative estimate of drug-likeness (QED) is 0.778. The predicted octanol–water partition coefficient (Wildman–Crippen LogP) is 1.28. The highest BCUT2D eigenvalue weighted by molar-refractivity contribution is 5.76. The van der Waals surface area contributed by atoms with Gasteiger partial charge in [0.2, 0.25) is 11.7 Å². The summed E-state index contributed by atoms with van der Waals surface area (Å²) < 4.78 is 3.31. The van der Waals surface area contributed by atoms with Crippen molar-refractivity contribution in [2.24, 2.45) is 0 Å². The maximum Gasteiger partial charge on any atom is 0.259 e. The first-order valence-corrected chi connectivity index (χ1v) is 8.47. The fourth-order valence-corrected chi connectivity index (χ4v) is 3.48. The first-order chi connectivity index (χ1) is 12.1. The molecule has 0 bridgehead atoms. The monoisotopic (exact) mass is 340 g/mol. The largest absolute Gasteiger partial charge is 0.333 e. The Morgan fingerprint density at radius 3 is 2.92 bits per heavy atom. The molecule has 25 heavy (non-hydrogen) atoms. The average molecular weight is 340 g/mol. The Bertz CT molecular complexity index is 969. The molecular formula is C17H20N6O2. The third-order valence-electron chi connectivity index (χ3n) is 4.82. The lowest BCUT2D eigenvalue weighted by molar-refractivity contribution is -0.135. The second-order valence-corrected chi connectivity index (χ2v) is 6.38. The van der Waals surface area contributed by atoms with Gasteiger partial charge in [-0.05, 0) is 26.2 Å². The number of carbonyl (C=O) groups excluding carboxylic acids is 1. The molecule has 3 aromatic rings. The van der Waals surface area contributed by atoms with Crippen molar-refractivity contribution in [1.29, 1.82) is 0 Å². The van der Waals surface area contributed by atoms with E-state index in [9.17, 15) is 9.59 Å². The SMILES string of the molecule is Cc1nccn1CC(=O)N1CCCC[C@H]1c1cc(=O)n2ccnc2[nH]1. The number of aryl methyl sites for hydroxylation is 1. The van der Waals surface area contributed by atoms with E-state index in [0.29, 0.717) is 12.3 Å². The zero-order valence-corrected chi connectivity index (χ0v) is 14.1. The molecule has 1 saturated heterocycles. The number of carbonyl (C=O) groups is 1. The van der Waals surface area contributed by atoms with Crippen LogP contribution in [0.25, 0.3) is 5.78 Å². The van der Waals surface area contributed by atoms with Gasteiger partial charge in [0.1, 0.15) is 12.4 Å². The van der Waals surface area contributed by atoms with Gasteiger partial charge in [-0.15, -0.1) is 0 Å². The van der Waals surface area contributed by atoms with Crippen LogP contribution in [0.15, 0.2) is 35.6 Å². The molecule has 130 valence electrons. The second-order valence-electron chi connectivity index (χ2n) is 6.38. The molecule has 3 aromatic heterocycles. The topological polar surface area (TPSA) is 88.3 Å². The molecular weight excluding hydrogens is 320 g/mol. The van der Waals surface area contributed by atoms with Gasteiger partial charge < -0.3 is 14.5 Å². The number of hydrogen-bond donors (Lipinski definition) is 1. The van der Waals surface area contributed by atoms with Gasteiger partial charge in [0.05, 0.1) is 6.04 Å². The minimum absolute atomic E-state index is 0.0369. The molecule has 1 fully saturated rings. The number of aromatic nitrogens is 5. The summed E-state index contributed by atoms with van der Waals surface area (Å²) in [5.41, 5.74) is 0.615. The Labute approximate surface area is 144 Å². The number of hydrogen-bond acceptors (Lipinski definition) is 4. The van der Waals surface area contributed by atoms with Gasteiger partial charge in [-0.2, -0.15) is 0 Å². The number of rotatable bonds is 3. The fraction of sp³-hybridized carbons (Fsp3) is 0.412. The van der Waals surface area contributed by atoms with Gasteiger partial charge in [0, 0.05) is 43.1 Å². The fourth-order valence-electron chi connectivity index (χ4n) is 3.48. The van der Waals surface area contributed by atoms with E-state index in [1.54, 1.807) is 24.7 Å². The molecule has 0 aliphatic carbocycles. The molecule has 4 heterocycles. The van der Waals surface area contributed by atoms with Crippen molar-refractivity contribution in [1.82, 2.24) is 28.8 Å². The Balaban J connectivity index is 1.65.